The standard InChI is InChI=1S/C16H12Cl2F2N2O2/c1-9(23)22(14-4-2-3-11(17)16(14)18)8-15(24)21-10-5-6-12(19)13(20)7-10/h2-7H,8H2,1H3,(H,21,24). The van der Waals surface area contributed by atoms with E-state index < -0.39 is 23.4 Å². The van der Waals surface area contributed by atoms with Crippen LogP contribution in [0.25, 0.3) is 0 Å². The van der Waals surface area contributed by atoms with Gasteiger partial charge in [-0.2, -0.15) is 0 Å². The molecule has 0 aromatic heterocycles. The van der Waals surface area contributed by atoms with Crippen molar-refractivity contribution >= 4 is 46.4 Å². The molecule has 0 aliphatic carbocycles. The van der Waals surface area contributed by atoms with Crippen LogP contribution in [0.2, 0.25) is 10.0 Å². The van der Waals surface area contributed by atoms with Crippen LogP contribution in [0.1, 0.15) is 6.92 Å². The summed E-state index contributed by atoms with van der Waals surface area (Å²) in [5.74, 6) is -3.15. The van der Waals surface area contributed by atoms with Crippen LogP contribution in [0.3, 0.4) is 0 Å². The Balaban J connectivity index is 2.18. The van der Waals surface area contributed by atoms with Crippen molar-refractivity contribution in [3.63, 3.8) is 0 Å². The molecule has 2 rings (SSSR count). The highest BCUT2D eigenvalue weighted by Crippen LogP contribution is 2.32. The number of amides is 2. The molecule has 4 nitrogen and oxygen atoms in total. The molecule has 0 unspecified atom stereocenters. The van der Waals surface area contributed by atoms with Gasteiger partial charge in [-0.15, -0.1) is 0 Å². The summed E-state index contributed by atoms with van der Waals surface area (Å²) in [5, 5.41) is 2.76. The Morgan fingerprint density at radius 2 is 1.83 bits per heavy atom. The predicted octanol–water partition coefficient (Wildman–Crippen LogP) is 4.26. The highest BCUT2D eigenvalue weighted by Gasteiger charge is 2.19. The summed E-state index contributed by atoms with van der Waals surface area (Å²) < 4.78 is 26.0. The molecule has 0 fully saturated rings. The average Bonchev–Trinajstić information content (AvgIpc) is 2.51. The Morgan fingerprint density at radius 3 is 2.46 bits per heavy atom. The average molecular weight is 373 g/mol. The van der Waals surface area contributed by atoms with Gasteiger partial charge in [0.05, 0.1) is 15.7 Å². The van der Waals surface area contributed by atoms with E-state index in [1.807, 2.05) is 0 Å². The quantitative estimate of drug-likeness (QED) is 0.871. The van der Waals surface area contributed by atoms with Gasteiger partial charge < -0.3 is 10.2 Å². The lowest BCUT2D eigenvalue weighted by Gasteiger charge is -2.22. The van der Waals surface area contributed by atoms with E-state index >= 15 is 0 Å². The Labute approximate surface area is 147 Å². The zero-order chi connectivity index (χ0) is 17.9. The summed E-state index contributed by atoms with van der Waals surface area (Å²) >= 11 is 12.0. The smallest absolute Gasteiger partial charge is 0.244 e. The first kappa shape index (κ1) is 18.2. The molecule has 0 saturated carbocycles. The van der Waals surface area contributed by atoms with Crippen molar-refractivity contribution in [3.05, 3.63) is 58.1 Å². The van der Waals surface area contributed by atoms with Crippen LogP contribution in [0.15, 0.2) is 36.4 Å². The van der Waals surface area contributed by atoms with Crippen LogP contribution < -0.4 is 10.2 Å². The van der Waals surface area contributed by atoms with Crippen LogP contribution in [0.5, 0.6) is 0 Å². The van der Waals surface area contributed by atoms with Gasteiger partial charge in [-0.1, -0.05) is 29.3 Å². The molecule has 0 saturated heterocycles. The highest BCUT2D eigenvalue weighted by atomic mass is 35.5. The van der Waals surface area contributed by atoms with Crippen LogP contribution >= 0.6 is 23.2 Å². The zero-order valence-electron chi connectivity index (χ0n) is 12.4. The number of carbonyl (C=O) groups is 2. The molecule has 0 spiro atoms. The van der Waals surface area contributed by atoms with Crippen molar-refractivity contribution in [2.24, 2.45) is 0 Å². The molecule has 2 aromatic carbocycles. The van der Waals surface area contributed by atoms with Crippen molar-refractivity contribution < 1.29 is 18.4 Å². The minimum atomic E-state index is -1.09. The largest absolute Gasteiger partial charge is 0.324 e. The van der Waals surface area contributed by atoms with Crippen molar-refractivity contribution in [2.45, 2.75) is 6.92 Å². The predicted molar refractivity (Wildman–Crippen MR) is 89.5 cm³/mol. The Bertz CT molecular complexity index is 800. The van der Waals surface area contributed by atoms with Crippen LogP contribution in [-0.2, 0) is 9.59 Å². The van der Waals surface area contributed by atoms with E-state index in [1.54, 1.807) is 18.2 Å². The summed E-state index contributed by atoms with van der Waals surface area (Å²) in [6.07, 6.45) is 0. The van der Waals surface area contributed by atoms with Gasteiger partial charge in [-0.25, -0.2) is 8.78 Å². The molecule has 2 amide bonds. The molecular weight excluding hydrogens is 361 g/mol. The van der Waals surface area contributed by atoms with Gasteiger partial charge in [-0.3, -0.25) is 9.59 Å². The van der Waals surface area contributed by atoms with Gasteiger partial charge in [0, 0.05) is 18.7 Å². The molecule has 0 bridgehead atoms. The maximum atomic E-state index is 13.2. The lowest BCUT2D eigenvalue weighted by molar-refractivity contribution is -0.120. The number of anilines is 2. The minimum absolute atomic E-state index is 0.0691. The molecule has 0 aliphatic rings. The highest BCUT2D eigenvalue weighted by molar-refractivity contribution is 6.44. The first-order chi connectivity index (χ1) is 11.3. The summed E-state index contributed by atoms with van der Waals surface area (Å²) in [7, 11) is 0. The maximum Gasteiger partial charge on any atom is 0.244 e. The first-order valence-electron chi connectivity index (χ1n) is 6.76. The molecule has 126 valence electrons. The van der Waals surface area contributed by atoms with Gasteiger partial charge >= 0.3 is 0 Å². The maximum absolute atomic E-state index is 13.2. The number of nitrogens with zero attached hydrogens (tertiary/aromatic N) is 1. The van der Waals surface area contributed by atoms with Crippen molar-refractivity contribution in [1.29, 1.82) is 0 Å². The summed E-state index contributed by atoms with van der Waals surface area (Å²) in [4.78, 5) is 25.1. The van der Waals surface area contributed by atoms with E-state index in [4.69, 9.17) is 23.2 Å². The second kappa shape index (κ2) is 7.59. The van der Waals surface area contributed by atoms with E-state index in [0.29, 0.717) is 0 Å². The Morgan fingerprint density at radius 1 is 1.12 bits per heavy atom. The number of carbonyl (C=O) groups excluding carboxylic acids is 2. The Hall–Kier alpha value is -2.18. The number of rotatable bonds is 4. The molecule has 1 N–H and O–H groups in total. The minimum Gasteiger partial charge on any atom is -0.324 e. The molecular formula is C16H12Cl2F2N2O2. The van der Waals surface area contributed by atoms with E-state index in [0.717, 1.165) is 17.0 Å². The number of benzene rings is 2. The third-order valence-corrected chi connectivity index (χ3v) is 3.92. The molecule has 2 aromatic rings. The van der Waals surface area contributed by atoms with Gasteiger partial charge in [-0.05, 0) is 24.3 Å². The number of nitrogens with one attached hydrogen (secondary N) is 1. The molecule has 24 heavy (non-hydrogen) atoms. The second-order valence-electron chi connectivity index (χ2n) is 4.86. The van der Waals surface area contributed by atoms with Gasteiger partial charge in [0.1, 0.15) is 6.54 Å². The molecule has 0 heterocycles. The van der Waals surface area contributed by atoms with Gasteiger partial charge in [0.2, 0.25) is 11.8 Å². The van der Waals surface area contributed by atoms with Crippen LogP contribution in [0.4, 0.5) is 20.2 Å². The van der Waals surface area contributed by atoms with Crippen molar-refractivity contribution in [2.75, 3.05) is 16.8 Å². The van der Waals surface area contributed by atoms with E-state index in [1.165, 1.54) is 13.0 Å². The van der Waals surface area contributed by atoms with Crippen molar-refractivity contribution in [1.82, 2.24) is 0 Å². The third-order valence-electron chi connectivity index (χ3n) is 3.11. The fourth-order valence-electron chi connectivity index (χ4n) is 1.99. The Kier molecular flexibility index (Phi) is 5.75. The number of hydrogen-bond donors (Lipinski definition) is 1. The molecule has 0 atom stereocenters. The van der Waals surface area contributed by atoms with E-state index in [2.05, 4.69) is 5.32 Å². The number of hydrogen-bond acceptors (Lipinski definition) is 2. The monoisotopic (exact) mass is 372 g/mol. The first-order valence-corrected chi connectivity index (χ1v) is 7.52. The second-order valence-corrected chi connectivity index (χ2v) is 5.64. The normalized spacial score (nSPS) is 10.4. The zero-order valence-corrected chi connectivity index (χ0v) is 14.0. The van der Waals surface area contributed by atoms with Crippen molar-refractivity contribution in [3.8, 4) is 0 Å². The molecule has 0 radical (unpaired) electrons. The van der Waals surface area contributed by atoms with Crippen LogP contribution in [-0.4, -0.2) is 18.4 Å². The third kappa shape index (κ3) is 4.21. The molecule has 8 heteroatoms. The summed E-state index contributed by atoms with van der Waals surface area (Å²) in [6, 6.07) is 7.63. The van der Waals surface area contributed by atoms with Crippen LogP contribution in [0, 0.1) is 11.6 Å². The van der Waals surface area contributed by atoms with E-state index in [-0.39, 0.29) is 28.0 Å². The van der Waals surface area contributed by atoms with Gasteiger partial charge in [0.15, 0.2) is 11.6 Å². The summed E-state index contributed by atoms with van der Waals surface area (Å²) in [6.45, 7) is 0.899. The lowest BCUT2D eigenvalue weighted by Crippen LogP contribution is -2.36. The number of halogens is 4. The lowest BCUT2D eigenvalue weighted by atomic mass is 10.2. The van der Waals surface area contributed by atoms with Gasteiger partial charge in [0.25, 0.3) is 0 Å². The topological polar surface area (TPSA) is 49.4 Å². The SMILES string of the molecule is CC(=O)N(CC(=O)Nc1ccc(F)c(F)c1)c1cccc(Cl)c1Cl. The molecule has 0 aliphatic heterocycles. The fourth-order valence-corrected chi connectivity index (χ4v) is 2.38. The van der Waals surface area contributed by atoms with E-state index in [9.17, 15) is 18.4 Å². The fraction of sp³-hybridized carbons (Fsp3) is 0.125. The summed E-state index contributed by atoms with van der Waals surface area (Å²) in [5.41, 5.74) is 0.344.